The lowest BCUT2D eigenvalue weighted by Crippen LogP contribution is -2.31. The Labute approximate surface area is 124 Å². The fourth-order valence-corrected chi connectivity index (χ4v) is 2.20. The molecule has 114 valence electrons. The van der Waals surface area contributed by atoms with Crippen molar-refractivity contribution in [3.63, 3.8) is 0 Å². The van der Waals surface area contributed by atoms with Crippen molar-refractivity contribution in [1.29, 1.82) is 0 Å². The Morgan fingerprint density at radius 3 is 2.62 bits per heavy atom. The molecule has 0 aliphatic carbocycles. The lowest BCUT2D eigenvalue weighted by molar-refractivity contribution is -0.121. The molecule has 1 heterocycles. The second-order valence-corrected chi connectivity index (χ2v) is 5.15. The molecule has 1 aromatic carbocycles. The third-order valence-corrected chi connectivity index (χ3v) is 3.21. The number of methoxy groups -OCH3 is 2. The second-order valence-electron chi connectivity index (χ2n) is 5.15. The van der Waals surface area contributed by atoms with E-state index in [0.717, 1.165) is 5.56 Å². The quantitative estimate of drug-likeness (QED) is 0.906. The number of hydrogen-bond acceptors (Lipinski definition) is 4. The summed E-state index contributed by atoms with van der Waals surface area (Å²) in [7, 11) is 3.19. The second kappa shape index (κ2) is 6.52. The molecule has 1 atom stereocenters. The van der Waals surface area contributed by atoms with Gasteiger partial charge in [-0.2, -0.15) is 0 Å². The number of nitrogens with one attached hydrogen (secondary N) is 1. The highest BCUT2D eigenvalue weighted by Gasteiger charge is 2.25. The molecule has 0 fully saturated rings. The van der Waals surface area contributed by atoms with E-state index < -0.39 is 0 Å². The van der Waals surface area contributed by atoms with Crippen molar-refractivity contribution in [2.24, 2.45) is 0 Å². The SMILES string of the molecule is COc1ccc(C2CC=C(C(=O)NC(C)C)O2)cc1OC. The molecular formula is C16H21NO4. The van der Waals surface area contributed by atoms with E-state index in [4.69, 9.17) is 14.2 Å². The van der Waals surface area contributed by atoms with Crippen molar-refractivity contribution in [3.05, 3.63) is 35.6 Å². The van der Waals surface area contributed by atoms with E-state index in [1.54, 1.807) is 14.2 Å². The predicted octanol–water partition coefficient (Wildman–Crippen LogP) is 2.57. The van der Waals surface area contributed by atoms with E-state index in [9.17, 15) is 4.79 Å². The Balaban J connectivity index is 2.07. The molecule has 0 saturated heterocycles. The zero-order chi connectivity index (χ0) is 15.4. The summed E-state index contributed by atoms with van der Waals surface area (Å²) in [6.45, 7) is 3.83. The molecule has 0 radical (unpaired) electrons. The number of ether oxygens (including phenoxy) is 3. The summed E-state index contributed by atoms with van der Waals surface area (Å²) in [4.78, 5) is 11.9. The summed E-state index contributed by atoms with van der Waals surface area (Å²) in [5.41, 5.74) is 0.955. The van der Waals surface area contributed by atoms with E-state index in [1.165, 1.54) is 0 Å². The zero-order valence-electron chi connectivity index (χ0n) is 12.8. The van der Waals surface area contributed by atoms with Gasteiger partial charge in [0.25, 0.3) is 5.91 Å². The van der Waals surface area contributed by atoms with Crippen LogP contribution in [0.1, 0.15) is 31.9 Å². The first-order chi connectivity index (χ1) is 10.0. The highest BCUT2D eigenvalue weighted by atomic mass is 16.5. The van der Waals surface area contributed by atoms with Gasteiger partial charge >= 0.3 is 0 Å². The van der Waals surface area contributed by atoms with E-state index in [2.05, 4.69) is 5.32 Å². The van der Waals surface area contributed by atoms with Crippen LogP contribution in [0.5, 0.6) is 11.5 Å². The topological polar surface area (TPSA) is 56.8 Å². The summed E-state index contributed by atoms with van der Waals surface area (Å²) in [5, 5.41) is 2.82. The van der Waals surface area contributed by atoms with Crippen molar-refractivity contribution in [2.45, 2.75) is 32.4 Å². The molecule has 1 N–H and O–H groups in total. The normalized spacial score (nSPS) is 17.2. The Kier molecular flexibility index (Phi) is 4.73. The first kappa shape index (κ1) is 15.2. The van der Waals surface area contributed by atoms with Gasteiger partial charge in [0, 0.05) is 12.5 Å². The number of rotatable bonds is 5. The van der Waals surface area contributed by atoms with Gasteiger partial charge in [-0.15, -0.1) is 0 Å². The predicted molar refractivity (Wildman–Crippen MR) is 79.4 cm³/mol. The van der Waals surface area contributed by atoms with Crippen molar-refractivity contribution in [2.75, 3.05) is 14.2 Å². The number of hydrogen-bond donors (Lipinski definition) is 1. The first-order valence-electron chi connectivity index (χ1n) is 6.94. The molecule has 5 nitrogen and oxygen atoms in total. The van der Waals surface area contributed by atoms with Crippen LogP contribution in [0.15, 0.2) is 30.0 Å². The Hall–Kier alpha value is -2.17. The maximum Gasteiger partial charge on any atom is 0.286 e. The Bertz CT molecular complexity index is 551. The van der Waals surface area contributed by atoms with Gasteiger partial charge in [-0.1, -0.05) is 6.07 Å². The number of carbonyl (C=O) groups is 1. The molecule has 0 saturated carbocycles. The van der Waals surface area contributed by atoms with Crippen molar-refractivity contribution < 1.29 is 19.0 Å². The highest BCUT2D eigenvalue weighted by Crippen LogP contribution is 2.36. The van der Waals surface area contributed by atoms with Crippen LogP contribution in [-0.4, -0.2) is 26.2 Å². The van der Waals surface area contributed by atoms with Crippen LogP contribution >= 0.6 is 0 Å². The van der Waals surface area contributed by atoms with E-state index in [0.29, 0.717) is 23.7 Å². The minimum absolute atomic E-state index is 0.0853. The molecule has 0 bridgehead atoms. The van der Waals surface area contributed by atoms with Gasteiger partial charge in [0.05, 0.1) is 14.2 Å². The van der Waals surface area contributed by atoms with Crippen molar-refractivity contribution >= 4 is 5.91 Å². The summed E-state index contributed by atoms with van der Waals surface area (Å²) in [5.74, 6) is 1.53. The van der Waals surface area contributed by atoms with Gasteiger partial charge in [0.1, 0.15) is 6.10 Å². The van der Waals surface area contributed by atoms with Crippen LogP contribution in [0.4, 0.5) is 0 Å². The summed E-state index contributed by atoms with van der Waals surface area (Å²) >= 11 is 0. The highest BCUT2D eigenvalue weighted by molar-refractivity contribution is 5.91. The fraction of sp³-hybridized carbons (Fsp3) is 0.438. The van der Waals surface area contributed by atoms with E-state index >= 15 is 0 Å². The van der Waals surface area contributed by atoms with Crippen LogP contribution in [0.3, 0.4) is 0 Å². The monoisotopic (exact) mass is 291 g/mol. The molecular weight excluding hydrogens is 270 g/mol. The number of amides is 1. The van der Waals surface area contributed by atoms with Gasteiger partial charge in [-0.3, -0.25) is 4.79 Å². The molecule has 1 unspecified atom stereocenters. The molecule has 5 heteroatoms. The van der Waals surface area contributed by atoms with Crippen LogP contribution in [0.25, 0.3) is 0 Å². The minimum Gasteiger partial charge on any atom is -0.493 e. The number of carbonyl (C=O) groups excluding carboxylic acids is 1. The van der Waals surface area contributed by atoms with E-state index in [1.807, 2.05) is 38.1 Å². The Morgan fingerprint density at radius 1 is 1.29 bits per heavy atom. The van der Waals surface area contributed by atoms with Crippen LogP contribution in [0.2, 0.25) is 0 Å². The molecule has 1 aromatic rings. The summed E-state index contributed by atoms with van der Waals surface area (Å²) in [6, 6.07) is 5.72. The maximum atomic E-state index is 11.9. The molecule has 0 aromatic heterocycles. The molecule has 1 amide bonds. The van der Waals surface area contributed by atoms with Gasteiger partial charge in [-0.25, -0.2) is 0 Å². The van der Waals surface area contributed by atoms with Gasteiger partial charge < -0.3 is 19.5 Å². The third-order valence-electron chi connectivity index (χ3n) is 3.21. The molecule has 1 aliphatic rings. The third kappa shape index (κ3) is 3.48. The van der Waals surface area contributed by atoms with Crippen molar-refractivity contribution in [3.8, 4) is 11.5 Å². The Morgan fingerprint density at radius 2 is 2.00 bits per heavy atom. The summed E-state index contributed by atoms with van der Waals surface area (Å²) in [6.07, 6.45) is 2.31. The van der Waals surface area contributed by atoms with Crippen molar-refractivity contribution in [1.82, 2.24) is 5.32 Å². The van der Waals surface area contributed by atoms with E-state index in [-0.39, 0.29) is 18.1 Å². The zero-order valence-corrected chi connectivity index (χ0v) is 12.8. The smallest absolute Gasteiger partial charge is 0.286 e. The standard InChI is InChI=1S/C16H21NO4/c1-10(2)17-16(18)14-8-7-12(21-14)11-5-6-13(19-3)15(9-11)20-4/h5-6,8-10,12H,7H2,1-4H3,(H,17,18). The maximum absolute atomic E-state index is 11.9. The lowest BCUT2D eigenvalue weighted by atomic mass is 10.1. The van der Waals surface area contributed by atoms with Crippen LogP contribution in [0, 0.1) is 0 Å². The molecule has 21 heavy (non-hydrogen) atoms. The minimum atomic E-state index is -0.173. The molecule has 1 aliphatic heterocycles. The van der Waals surface area contributed by atoms with Crippen LogP contribution in [-0.2, 0) is 9.53 Å². The van der Waals surface area contributed by atoms with Gasteiger partial charge in [0.2, 0.25) is 0 Å². The fourth-order valence-electron chi connectivity index (χ4n) is 2.20. The average Bonchev–Trinajstić information content (AvgIpc) is 2.95. The molecule has 0 spiro atoms. The van der Waals surface area contributed by atoms with Gasteiger partial charge in [-0.05, 0) is 37.6 Å². The summed E-state index contributed by atoms with van der Waals surface area (Å²) < 4.78 is 16.2. The number of benzene rings is 1. The lowest BCUT2D eigenvalue weighted by Gasteiger charge is -2.16. The average molecular weight is 291 g/mol. The largest absolute Gasteiger partial charge is 0.493 e. The molecule has 2 rings (SSSR count). The van der Waals surface area contributed by atoms with Crippen LogP contribution < -0.4 is 14.8 Å². The van der Waals surface area contributed by atoms with Gasteiger partial charge in [0.15, 0.2) is 17.3 Å². The first-order valence-corrected chi connectivity index (χ1v) is 6.94.